The SMILES string of the molecule is CC(=O)N[C@H](CC(=O)N(C)Cc1ccc(C)o1)c1ccccc1. The first-order chi connectivity index (χ1) is 11.0. The van der Waals surface area contributed by atoms with Crippen LogP contribution in [0.5, 0.6) is 0 Å². The zero-order chi connectivity index (χ0) is 16.8. The lowest BCUT2D eigenvalue weighted by atomic mass is 10.0. The molecule has 0 spiro atoms. The van der Waals surface area contributed by atoms with Crippen LogP contribution in [0.4, 0.5) is 0 Å². The van der Waals surface area contributed by atoms with Crippen LogP contribution in [0.2, 0.25) is 0 Å². The van der Waals surface area contributed by atoms with Crippen molar-refractivity contribution in [2.45, 2.75) is 32.9 Å². The van der Waals surface area contributed by atoms with Gasteiger partial charge in [0.1, 0.15) is 11.5 Å². The van der Waals surface area contributed by atoms with Crippen LogP contribution in [-0.4, -0.2) is 23.8 Å². The molecule has 0 saturated carbocycles. The van der Waals surface area contributed by atoms with Gasteiger partial charge in [-0.05, 0) is 24.6 Å². The smallest absolute Gasteiger partial charge is 0.225 e. The maximum atomic E-state index is 12.5. The number of benzene rings is 1. The highest BCUT2D eigenvalue weighted by Gasteiger charge is 2.20. The molecular weight excluding hydrogens is 292 g/mol. The van der Waals surface area contributed by atoms with Crippen molar-refractivity contribution >= 4 is 11.8 Å². The maximum absolute atomic E-state index is 12.5. The Morgan fingerprint density at radius 3 is 2.43 bits per heavy atom. The number of carbonyl (C=O) groups excluding carboxylic acids is 2. The lowest BCUT2D eigenvalue weighted by Crippen LogP contribution is -2.33. The number of hydrogen-bond acceptors (Lipinski definition) is 3. The summed E-state index contributed by atoms with van der Waals surface area (Å²) in [4.78, 5) is 25.5. The van der Waals surface area contributed by atoms with Gasteiger partial charge >= 0.3 is 0 Å². The van der Waals surface area contributed by atoms with E-state index < -0.39 is 0 Å². The van der Waals surface area contributed by atoms with Gasteiger partial charge in [0.25, 0.3) is 0 Å². The standard InChI is InChI=1S/C18H22N2O3/c1-13-9-10-16(23-13)12-20(3)18(22)11-17(19-14(2)21)15-7-5-4-6-8-15/h4-10,17H,11-12H2,1-3H3,(H,19,21)/t17-/m1/s1. The van der Waals surface area contributed by atoms with Crippen molar-refractivity contribution < 1.29 is 14.0 Å². The fraction of sp³-hybridized carbons (Fsp3) is 0.333. The normalized spacial score (nSPS) is 11.8. The average Bonchev–Trinajstić information content (AvgIpc) is 2.92. The summed E-state index contributed by atoms with van der Waals surface area (Å²) in [5.41, 5.74) is 0.915. The first-order valence-corrected chi connectivity index (χ1v) is 7.57. The van der Waals surface area contributed by atoms with Crippen molar-refractivity contribution in [3.05, 3.63) is 59.5 Å². The Hall–Kier alpha value is -2.56. The highest BCUT2D eigenvalue weighted by molar-refractivity contribution is 5.79. The lowest BCUT2D eigenvalue weighted by molar-refractivity contribution is -0.131. The van der Waals surface area contributed by atoms with Crippen LogP contribution < -0.4 is 5.32 Å². The van der Waals surface area contributed by atoms with Gasteiger partial charge in [-0.25, -0.2) is 0 Å². The summed E-state index contributed by atoms with van der Waals surface area (Å²) < 4.78 is 5.49. The van der Waals surface area contributed by atoms with Crippen molar-refractivity contribution in [3.63, 3.8) is 0 Å². The second-order valence-corrected chi connectivity index (χ2v) is 5.63. The monoisotopic (exact) mass is 314 g/mol. The van der Waals surface area contributed by atoms with Gasteiger partial charge in [-0.2, -0.15) is 0 Å². The van der Waals surface area contributed by atoms with Crippen LogP contribution in [0.15, 0.2) is 46.9 Å². The number of aryl methyl sites for hydroxylation is 1. The Morgan fingerprint density at radius 1 is 1.17 bits per heavy atom. The molecule has 0 bridgehead atoms. The minimum absolute atomic E-state index is 0.0540. The molecule has 0 saturated heterocycles. The molecule has 2 amide bonds. The summed E-state index contributed by atoms with van der Waals surface area (Å²) in [5, 5.41) is 2.84. The summed E-state index contributed by atoms with van der Waals surface area (Å²) >= 11 is 0. The molecule has 0 aliphatic heterocycles. The highest BCUT2D eigenvalue weighted by Crippen LogP contribution is 2.18. The number of nitrogens with zero attached hydrogens (tertiary/aromatic N) is 1. The third-order valence-electron chi connectivity index (χ3n) is 3.57. The first-order valence-electron chi connectivity index (χ1n) is 7.57. The number of amides is 2. The van der Waals surface area contributed by atoms with Gasteiger partial charge in [0.05, 0.1) is 19.0 Å². The predicted octanol–water partition coefficient (Wildman–Crippen LogP) is 2.81. The number of furan rings is 1. The fourth-order valence-electron chi connectivity index (χ4n) is 2.41. The Bertz CT molecular complexity index is 664. The van der Waals surface area contributed by atoms with E-state index in [0.29, 0.717) is 6.54 Å². The van der Waals surface area contributed by atoms with Gasteiger partial charge in [-0.15, -0.1) is 0 Å². The third kappa shape index (κ3) is 4.98. The van der Waals surface area contributed by atoms with Crippen LogP contribution in [0.1, 0.15) is 36.5 Å². The van der Waals surface area contributed by atoms with E-state index in [0.717, 1.165) is 17.1 Å². The van der Waals surface area contributed by atoms with E-state index in [1.165, 1.54) is 6.92 Å². The molecule has 5 nitrogen and oxygen atoms in total. The Kier molecular flexibility index (Phi) is 5.57. The summed E-state index contributed by atoms with van der Waals surface area (Å²) in [6, 6.07) is 12.9. The molecule has 1 aromatic heterocycles. The van der Waals surface area contributed by atoms with E-state index in [-0.39, 0.29) is 24.3 Å². The number of nitrogens with one attached hydrogen (secondary N) is 1. The van der Waals surface area contributed by atoms with E-state index in [9.17, 15) is 9.59 Å². The molecule has 5 heteroatoms. The fourth-order valence-corrected chi connectivity index (χ4v) is 2.41. The summed E-state index contributed by atoms with van der Waals surface area (Å²) in [5.74, 6) is 1.35. The van der Waals surface area contributed by atoms with Crippen LogP contribution in [0.3, 0.4) is 0 Å². The molecule has 122 valence electrons. The van der Waals surface area contributed by atoms with Crippen LogP contribution in [0.25, 0.3) is 0 Å². The van der Waals surface area contributed by atoms with E-state index in [4.69, 9.17) is 4.42 Å². The maximum Gasteiger partial charge on any atom is 0.225 e. The van der Waals surface area contributed by atoms with Crippen molar-refractivity contribution in [1.82, 2.24) is 10.2 Å². The molecule has 0 radical (unpaired) electrons. The Balaban J connectivity index is 2.03. The molecule has 0 fully saturated rings. The molecule has 0 unspecified atom stereocenters. The zero-order valence-corrected chi connectivity index (χ0v) is 13.7. The molecule has 1 atom stereocenters. The Morgan fingerprint density at radius 2 is 1.87 bits per heavy atom. The van der Waals surface area contributed by atoms with Crippen molar-refractivity contribution in [2.24, 2.45) is 0 Å². The number of rotatable bonds is 6. The van der Waals surface area contributed by atoms with E-state index in [1.807, 2.05) is 49.4 Å². The van der Waals surface area contributed by atoms with Gasteiger partial charge in [-0.1, -0.05) is 30.3 Å². The molecule has 23 heavy (non-hydrogen) atoms. The van der Waals surface area contributed by atoms with Crippen LogP contribution >= 0.6 is 0 Å². The average molecular weight is 314 g/mol. The molecular formula is C18H22N2O3. The molecule has 1 aromatic carbocycles. The van der Waals surface area contributed by atoms with Gasteiger partial charge < -0.3 is 14.6 Å². The molecule has 0 aliphatic rings. The topological polar surface area (TPSA) is 62.6 Å². The van der Waals surface area contributed by atoms with Gasteiger partial charge in [-0.3, -0.25) is 9.59 Å². The minimum atomic E-state index is -0.331. The first kappa shape index (κ1) is 16.8. The van der Waals surface area contributed by atoms with Crippen molar-refractivity contribution in [2.75, 3.05) is 7.05 Å². The molecule has 0 aliphatic carbocycles. The summed E-state index contributed by atoms with van der Waals surface area (Å²) in [6.07, 6.45) is 0.208. The molecule has 1 N–H and O–H groups in total. The second kappa shape index (κ2) is 7.63. The number of carbonyl (C=O) groups is 2. The third-order valence-corrected chi connectivity index (χ3v) is 3.57. The van der Waals surface area contributed by atoms with Crippen molar-refractivity contribution in [3.8, 4) is 0 Å². The second-order valence-electron chi connectivity index (χ2n) is 5.63. The molecule has 2 aromatic rings. The summed E-state index contributed by atoms with van der Waals surface area (Å²) in [7, 11) is 1.73. The molecule has 2 rings (SSSR count). The predicted molar refractivity (Wildman–Crippen MR) is 87.5 cm³/mol. The zero-order valence-electron chi connectivity index (χ0n) is 13.7. The van der Waals surface area contributed by atoms with E-state index >= 15 is 0 Å². The van der Waals surface area contributed by atoms with Crippen LogP contribution in [-0.2, 0) is 16.1 Å². The van der Waals surface area contributed by atoms with Crippen LogP contribution in [0, 0.1) is 6.92 Å². The molecule has 1 heterocycles. The summed E-state index contributed by atoms with van der Waals surface area (Å²) in [6.45, 7) is 3.73. The minimum Gasteiger partial charge on any atom is -0.464 e. The lowest BCUT2D eigenvalue weighted by Gasteiger charge is -2.22. The van der Waals surface area contributed by atoms with E-state index in [1.54, 1.807) is 11.9 Å². The quantitative estimate of drug-likeness (QED) is 0.892. The van der Waals surface area contributed by atoms with Gasteiger partial charge in [0.15, 0.2) is 0 Å². The van der Waals surface area contributed by atoms with Crippen molar-refractivity contribution in [1.29, 1.82) is 0 Å². The largest absolute Gasteiger partial charge is 0.464 e. The van der Waals surface area contributed by atoms with E-state index in [2.05, 4.69) is 5.32 Å². The van der Waals surface area contributed by atoms with Gasteiger partial charge in [0.2, 0.25) is 11.8 Å². The number of hydrogen-bond donors (Lipinski definition) is 1. The Labute approximate surface area is 136 Å². The highest BCUT2D eigenvalue weighted by atomic mass is 16.3. The van der Waals surface area contributed by atoms with Gasteiger partial charge in [0, 0.05) is 14.0 Å².